The van der Waals surface area contributed by atoms with Crippen molar-refractivity contribution in [2.75, 3.05) is 0 Å². The van der Waals surface area contributed by atoms with Crippen molar-refractivity contribution < 1.29 is 0 Å². The molecule has 2 aromatic carbocycles. The lowest BCUT2D eigenvalue weighted by atomic mass is 9.74. The third kappa shape index (κ3) is 1.88. The van der Waals surface area contributed by atoms with Crippen LogP contribution in [0.5, 0.6) is 0 Å². The highest BCUT2D eigenvalue weighted by Gasteiger charge is 2.25. The van der Waals surface area contributed by atoms with E-state index in [-0.39, 0.29) is 5.41 Å². The van der Waals surface area contributed by atoms with E-state index in [1.165, 1.54) is 11.1 Å². The van der Waals surface area contributed by atoms with Crippen molar-refractivity contribution in [2.24, 2.45) is 0 Å². The van der Waals surface area contributed by atoms with Crippen LogP contribution in [0.3, 0.4) is 0 Å². The topological polar surface area (TPSA) is 0 Å². The molecule has 0 spiro atoms. The molecule has 0 N–H and O–H groups in total. The standard InChI is InChI=1S/C16H16/c1-3-16(2,14-10-6-4-7-11-14)15-12-8-5-9-13-15/h6-13H,3H2,1-2H3. The Morgan fingerprint density at radius 3 is 1.56 bits per heavy atom. The molecule has 2 aromatic rings. The van der Waals surface area contributed by atoms with Crippen molar-refractivity contribution in [3.8, 4) is 0 Å². The molecule has 0 saturated carbocycles. The molecule has 2 radical (unpaired) electrons. The molecule has 0 aliphatic heterocycles. The third-order valence-electron chi connectivity index (χ3n) is 3.42. The molecule has 0 fully saturated rings. The molecule has 16 heavy (non-hydrogen) atoms. The minimum Gasteiger partial charge on any atom is -0.0642 e. The van der Waals surface area contributed by atoms with Crippen molar-refractivity contribution in [2.45, 2.75) is 25.7 Å². The van der Waals surface area contributed by atoms with Gasteiger partial charge >= 0.3 is 0 Å². The molecule has 0 heterocycles. The molecule has 0 atom stereocenters. The molecule has 0 amide bonds. The second-order valence-corrected chi connectivity index (χ2v) is 4.26. The fourth-order valence-corrected chi connectivity index (χ4v) is 2.08. The zero-order valence-corrected chi connectivity index (χ0v) is 9.83. The number of hydrogen-bond acceptors (Lipinski definition) is 0. The summed E-state index contributed by atoms with van der Waals surface area (Å²) in [6, 6.07) is 22.7. The number of hydrogen-bond donors (Lipinski definition) is 0. The molecule has 0 unspecified atom stereocenters. The summed E-state index contributed by atoms with van der Waals surface area (Å²) in [5.74, 6) is 0. The predicted molar refractivity (Wildman–Crippen MR) is 67.3 cm³/mol. The molecule has 0 heteroatoms. The van der Waals surface area contributed by atoms with Crippen LogP contribution in [-0.4, -0.2) is 0 Å². The fourth-order valence-electron chi connectivity index (χ4n) is 2.08. The Kier molecular flexibility index (Phi) is 3.09. The van der Waals surface area contributed by atoms with Gasteiger partial charge in [0.25, 0.3) is 0 Å². The summed E-state index contributed by atoms with van der Waals surface area (Å²) in [5.41, 5.74) is 2.78. The van der Waals surface area contributed by atoms with Crippen molar-refractivity contribution in [1.29, 1.82) is 0 Å². The first-order valence-corrected chi connectivity index (χ1v) is 5.70. The minimum atomic E-state index is 0.0875. The highest BCUT2D eigenvalue weighted by molar-refractivity contribution is 5.37. The van der Waals surface area contributed by atoms with E-state index in [2.05, 4.69) is 50.2 Å². The second-order valence-electron chi connectivity index (χ2n) is 4.26. The number of benzene rings is 2. The van der Waals surface area contributed by atoms with Crippen molar-refractivity contribution >= 4 is 0 Å². The molecule has 0 saturated heterocycles. The lowest BCUT2D eigenvalue weighted by molar-refractivity contribution is 0.550. The van der Waals surface area contributed by atoms with Crippen LogP contribution in [0.2, 0.25) is 0 Å². The van der Waals surface area contributed by atoms with Gasteiger partial charge in [-0.25, -0.2) is 0 Å². The SMILES string of the molecule is CCC(C)(c1cc[c]cc1)c1cc[c]cc1. The monoisotopic (exact) mass is 208 g/mol. The van der Waals surface area contributed by atoms with Crippen LogP contribution in [0.25, 0.3) is 0 Å². The molecule has 0 bridgehead atoms. The Morgan fingerprint density at radius 2 is 1.25 bits per heavy atom. The van der Waals surface area contributed by atoms with Crippen molar-refractivity contribution in [3.05, 3.63) is 71.8 Å². The summed E-state index contributed by atoms with van der Waals surface area (Å²) in [4.78, 5) is 0. The van der Waals surface area contributed by atoms with E-state index in [1.807, 2.05) is 24.3 Å². The maximum atomic E-state index is 3.07. The van der Waals surface area contributed by atoms with Crippen molar-refractivity contribution in [3.63, 3.8) is 0 Å². The Labute approximate surface area is 97.9 Å². The lowest BCUT2D eigenvalue weighted by Gasteiger charge is -2.29. The highest BCUT2D eigenvalue weighted by Crippen LogP contribution is 2.34. The predicted octanol–water partition coefficient (Wildman–Crippen LogP) is 4.00. The lowest BCUT2D eigenvalue weighted by Crippen LogP contribution is -2.22. The quantitative estimate of drug-likeness (QED) is 0.715. The molecule has 0 nitrogen and oxygen atoms in total. The first-order chi connectivity index (χ1) is 7.77. The smallest absolute Gasteiger partial charge is 0.0172 e. The Bertz CT molecular complexity index is 389. The molecule has 0 aliphatic carbocycles. The maximum Gasteiger partial charge on any atom is 0.0172 e. The van der Waals surface area contributed by atoms with Gasteiger partial charge in [-0.3, -0.25) is 0 Å². The van der Waals surface area contributed by atoms with Gasteiger partial charge in [0, 0.05) is 5.41 Å². The van der Waals surface area contributed by atoms with Gasteiger partial charge in [0.05, 0.1) is 0 Å². The minimum absolute atomic E-state index is 0.0875. The summed E-state index contributed by atoms with van der Waals surface area (Å²) >= 11 is 0. The highest BCUT2D eigenvalue weighted by atomic mass is 14.3. The first-order valence-electron chi connectivity index (χ1n) is 5.70. The normalized spacial score (nSPS) is 11.4. The fraction of sp³-hybridized carbons (Fsp3) is 0.250. The average molecular weight is 208 g/mol. The van der Waals surface area contributed by atoms with Crippen LogP contribution in [0.4, 0.5) is 0 Å². The van der Waals surface area contributed by atoms with Crippen LogP contribution in [0.1, 0.15) is 31.4 Å². The van der Waals surface area contributed by atoms with E-state index in [0.29, 0.717) is 0 Å². The van der Waals surface area contributed by atoms with Gasteiger partial charge in [-0.2, -0.15) is 0 Å². The van der Waals surface area contributed by atoms with Crippen molar-refractivity contribution in [1.82, 2.24) is 0 Å². The van der Waals surface area contributed by atoms with E-state index >= 15 is 0 Å². The molecule has 2 rings (SSSR count). The molecule has 80 valence electrons. The molecule has 0 aromatic heterocycles. The van der Waals surface area contributed by atoms with E-state index < -0.39 is 0 Å². The Hall–Kier alpha value is -1.56. The van der Waals surface area contributed by atoms with E-state index in [4.69, 9.17) is 0 Å². The largest absolute Gasteiger partial charge is 0.0642 e. The second kappa shape index (κ2) is 4.52. The average Bonchev–Trinajstić information content (AvgIpc) is 2.40. The third-order valence-corrected chi connectivity index (χ3v) is 3.42. The van der Waals surface area contributed by atoms with Crippen LogP contribution < -0.4 is 0 Å². The van der Waals surface area contributed by atoms with E-state index in [0.717, 1.165) is 6.42 Å². The van der Waals surface area contributed by atoms with E-state index in [1.54, 1.807) is 0 Å². The number of rotatable bonds is 3. The summed E-state index contributed by atoms with van der Waals surface area (Å²) in [6.07, 6.45) is 1.08. The Morgan fingerprint density at radius 1 is 0.875 bits per heavy atom. The summed E-state index contributed by atoms with van der Waals surface area (Å²) in [7, 11) is 0. The maximum absolute atomic E-state index is 3.07. The Balaban J connectivity index is 2.49. The molecule has 0 aliphatic rings. The van der Waals surface area contributed by atoms with Crippen LogP contribution in [0, 0.1) is 12.1 Å². The summed E-state index contributed by atoms with van der Waals surface area (Å²) in [6.45, 7) is 4.52. The van der Waals surface area contributed by atoms with Gasteiger partial charge in [-0.05, 0) is 29.7 Å². The zero-order chi connectivity index (χ0) is 11.4. The van der Waals surface area contributed by atoms with Gasteiger partial charge in [0.15, 0.2) is 0 Å². The molecular formula is C16H16. The van der Waals surface area contributed by atoms with E-state index in [9.17, 15) is 0 Å². The van der Waals surface area contributed by atoms with Gasteiger partial charge in [-0.15, -0.1) is 0 Å². The van der Waals surface area contributed by atoms with Gasteiger partial charge in [-0.1, -0.05) is 62.4 Å². The van der Waals surface area contributed by atoms with Gasteiger partial charge < -0.3 is 0 Å². The van der Waals surface area contributed by atoms with Crippen LogP contribution >= 0.6 is 0 Å². The molecular weight excluding hydrogens is 192 g/mol. The first kappa shape index (κ1) is 10.9. The van der Waals surface area contributed by atoms with Gasteiger partial charge in [0.1, 0.15) is 0 Å². The zero-order valence-electron chi connectivity index (χ0n) is 9.83. The van der Waals surface area contributed by atoms with Crippen LogP contribution in [-0.2, 0) is 5.41 Å². The summed E-state index contributed by atoms with van der Waals surface area (Å²) in [5, 5.41) is 0. The van der Waals surface area contributed by atoms with Crippen LogP contribution in [0.15, 0.2) is 48.5 Å². The van der Waals surface area contributed by atoms with Gasteiger partial charge in [0.2, 0.25) is 0 Å². The summed E-state index contributed by atoms with van der Waals surface area (Å²) < 4.78 is 0.